The lowest BCUT2D eigenvalue weighted by Crippen LogP contribution is -2.10. The average Bonchev–Trinajstić information content (AvgIpc) is 3.83. The third-order valence-corrected chi connectivity index (χ3v) is 12.0. The fourth-order valence-corrected chi connectivity index (χ4v) is 9.12. The first kappa shape index (κ1) is 33.3. The number of fused-ring (bicyclic) bond motifs is 8. The van der Waals surface area contributed by atoms with Crippen molar-refractivity contribution in [2.75, 3.05) is 4.90 Å². The quantitative estimate of drug-likeness (QED) is 0.169. The molecule has 0 spiro atoms. The second-order valence-corrected chi connectivity index (χ2v) is 15.4. The van der Waals surface area contributed by atoms with Gasteiger partial charge in [0.15, 0.2) is 0 Å². The first-order valence-electron chi connectivity index (χ1n) is 20.2. The van der Waals surface area contributed by atoms with Gasteiger partial charge in [0.2, 0.25) is 0 Å². The van der Waals surface area contributed by atoms with Crippen LogP contribution in [0.4, 0.5) is 17.1 Å². The summed E-state index contributed by atoms with van der Waals surface area (Å²) >= 11 is 0. The molecule has 0 bridgehead atoms. The van der Waals surface area contributed by atoms with Gasteiger partial charge >= 0.3 is 0 Å². The van der Waals surface area contributed by atoms with Crippen LogP contribution in [-0.2, 0) is 0 Å². The van der Waals surface area contributed by atoms with Crippen molar-refractivity contribution in [1.82, 2.24) is 4.40 Å². The molecule has 12 rings (SSSR count). The van der Waals surface area contributed by atoms with Crippen LogP contribution >= 0.6 is 0 Å². The predicted octanol–water partition coefficient (Wildman–Crippen LogP) is 15.8. The third-order valence-electron chi connectivity index (χ3n) is 12.0. The van der Waals surface area contributed by atoms with Crippen LogP contribution in [0.25, 0.3) is 93.3 Å². The molecule has 59 heavy (non-hydrogen) atoms. The van der Waals surface area contributed by atoms with Crippen molar-refractivity contribution < 1.29 is 4.42 Å². The van der Waals surface area contributed by atoms with E-state index in [1.54, 1.807) is 0 Å². The van der Waals surface area contributed by atoms with E-state index in [1.165, 1.54) is 60.3 Å². The minimum atomic E-state index is 0.854. The van der Waals surface area contributed by atoms with Crippen LogP contribution in [-0.4, -0.2) is 4.40 Å². The van der Waals surface area contributed by atoms with E-state index in [4.69, 9.17) is 4.42 Å². The Morgan fingerprint density at radius 3 is 1.73 bits per heavy atom. The number of pyridine rings is 1. The van der Waals surface area contributed by atoms with Crippen LogP contribution in [0.2, 0.25) is 0 Å². The highest BCUT2D eigenvalue weighted by molar-refractivity contribution is 6.10. The summed E-state index contributed by atoms with van der Waals surface area (Å²) in [5, 5.41) is 8.33. The molecular formula is C56H36N2O. The molecule has 0 saturated carbocycles. The Balaban J connectivity index is 1.06. The van der Waals surface area contributed by atoms with Crippen LogP contribution < -0.4 is 4.90 Å². The van der Waals surface area contributed by atoms with E-state index in [9.17, 15) is 0 Å². The zero-order valence-electron chi connectivity index (χ0n) is 32.1. The van der Waals surface area contributed by atoms with Crippen LogP contribution in [0, 0.1) is 0 Å². The molecule has 3 aromatic heterocycles. The normalized spacial score (nSPS) is 11.7. The summed E-state index contributed by atoms with van der Waals surface area (Å²) in [4.78, 5) is 2.36. The standard InChI is InChI=1S/C56H36N2O/c1-3-12-37(13-4-1)42-24-29-49-50-30-27-46(35-55(50)59-54(49)33-42)58(44-25-22-39(23-26-44)48-21-11-19-38-14-9-10-20-47(38)48)45-28-31-51-52(34-45)57-36-43-18-8-7-17-41(43)32-53(57)56(51)40-15-5-2-6-16-40/h1-36H. The third kappa shape index (κ3) is 5.51. The van der Waals surface area contributed by atoms with Gasteiger partial charge in [-0.3, -0.25) is 0 Å². The topological polar surface area (TPSA) is 20.8 Å². The Labute approximate surface area is 341 Å². The predicted molar refractivity (Wildman–Crippen MR) is 248 cm³/mol. The summed E-state index contributed by atoms with van der Waals surface area (Å²) in [5.74, 6) is 0. The molecule has 0 fully saturated rings. The monoisotopic (exact) mass is 752 g/mol. The first-order valence-corrected chi connectivity index (χ1v) is 20.2. The van der Waals surface area contributed by atoms with E-state index < -0.39 is 0 Å². The zero-order valence-corrected chi connectivity index (χ0v) is 32.1. The van der Waals surface area contributed by atoms with E-state index in [0.29, 0.717) is 0 Å². The van der Waals surface area contributed by atoms with Crippen LogP contribution in [0.5, 0.6) is 0 Å². The van der Waals surface area contributed by atoms with Gasteiger partial charge in [-0.1, -0.05) is 152 Å². The summed E-state index contributed by atoms with van der Waals surface area (Å²) in [5.41, 5.74) is 14.4. The van der Waals surface area contributed by atoms with Gasteiger partial charge in [-0.25, -0.2) is 0 Å². The molecule has 0 unspecified atom stereocenters. The van der Waals surface area contributed by atoms with Gasteiger partial charge in [0.25, 0.3) is 0 Å². The Morgan fingerprint density at radius 1 is 0.339 bits per heavy atom. The fraction of sp³-hybridized carbons (Fsp3) is 0. The van der Waals surface area contributed by atoms with Gasteiger partial charge in [-0.15, -0.1) is 0 Å². The Morgan fingerprint density at radius 2 is 0.932 bits per heavy atom. The second-order valence-electron chi connectivity index (χ2n) is 15.4. The molecule has 0 aliphatic rings. The minimum absolute atomic E-state index is 0.854. The largest absolute Gasteiger partial charge is 0.456 e. The maximum Gasteiger partial charge on any atom is 0.137 e. The molecular weight excluding hydrogens is 717 g/mol. The van der Waals surface area contributed by atoms with Gasteiger partial charge in [0.1, 0.15) is 11.2 Å². The Hall–Kier alpha value is -7.88. The number of anilines is 3. The van der Waals surface area contributed by atoms with Crippen molar-refractivity contribution in [1.29, 1.82) is 0 Å². The Bertz CT molecular complexity index is 3540. The number of furan rings is 1. The molecule has 12 aromatic rings. The molecule has 0 saturated heterocycles. The highest BCUT2D eigenvalue weighted by Crippen LogP contribution is 2.44. The van der Waals surface area contributed by atoms with Crippen LogP contribution in [0.1, 0.15) is 0 Å². The molecule has 9 aromatic carbocycles. The number of hydrogen-bond acceptors (Lipinski definition) is 2. The smallest absolute Gasteiger partial charge is 0.137 e. The molecule has 0 atom stereocenters. The molecule has 0 amide bonds. The Kier molecular flexibility index (Phi) is 7.54. The van der Waals surface area contributed by atoms with Crippen molar-refractivity contribution in [3.05, 3.63) is 219 Å². The van der Waals surface area contributed by atoms with Gasteiger partial charge in [0.05, 0.1) is 11.0 Å². The van der Waals surface area contributed by atoms with Crippen LogP contribution in [0.15, 0.2) is 223 Å². The average molecular weight is 753 g/mol. The highest BCUT2D eigenvalue weighted by atomic mass is 16.3. The number of hydrogen-bond donors (Lipinski definition) is 0. The maximum absolute atomic E-state index is 6.69. The highest BCUT2D eigenvalue weighted by Gasteiger charge is 2.20. The molecule has 3 nitrogen and oxygen atoms in total. The molecule has 0 aliphatic carbocycles. The lowest BCUT2D eigenvalue weighted by molar-refractivity contribution is 0.669. The molecule has 0 aliphatic heterocycles. The van der Waals surface area contributed by atoms with Gasteiger partial charge < -0.3 is 13.7 Å². The van der Waals surface area contributed by atoms with E-state index in [1.807, 2.05) is 0 Å². The minimum Gasteiger partial charge on any atom is -0.456 e. The number of benzene rings is 9. The summed E-state index contributed by atoms with van der Waals surface area (Å²) in [6, 6.07) is 76.4. The summed E-state index contributed by atoms with van der Waals surface area (Å²) in [6.45, 7) is 0. The fourth-order valence-electron chi connectivity index (χ4n) is 9.12. The van der Waals surface area contributed by atoms with E-state index in [2.05, 4.69) is 228 Å². The zero-order chi connectivity index (χ0) is 38.9. The summed E-state index contributed by atoms with van der Waals surface area (Å²) in [6.07, 6.45) is 2.29. The molecule has 0 radical (unpaired) electrons. The van der Waals surface area contributed by atoms with Crippen molar-refractivity contribution in [2.45, 2.75) is 0 Å². The van der Waals surface area contributed by atoms with E-state index >= 15 is 0 Å². The molecule has 3 heteroatoms. The van der Waals surface area contributed by atoms with Crippen LogP contribution in [0.3, 0.4) is 0 Å². The van der Waals surface area contributed by atoms with Crippen molar-refractivity contribution in [3.8, 4) is 33.4 Å². The first-order chi connectivity index (χ1) is 29.2. The van der Waals surface area contributed by atoms with E-state index in [-0.39, 0.29) is 0 Å². The summed E-state index contributed by atoms with van der Waals surface area (Å²) < 4.78 is 9.06. The van der Waals surface area contributed by atoms with Crippen molar-refractivity contribution >= 4 is 77.0 Å². The van der Waals surface area contributed by atoms with Crippen molar-refractivity contribution in [2.24, 2.45) is 0 Å². The van der Waals surface area contributed by atoms with Crippen molar-refractivity contribution in [3.63, 3.8) is 0 Å². The number of nitrogens with zero attached hydrogens (tertiary/aromatic N) is 2. The van der Waals surface area contributed by atoms with Gasteiger partial charge in [-0.05, 0) is 104 Å². The molecule has 0 N–H and O–H groups in total. The SMILES string of the molecule is c1ccc(-c2ccc3c(c2)oc2cc(N(c4ccc(-c5cccc6ccccc56)cc4)c4ccc5c(-c6ccccc6)c6cc7ccccc7cn6c5c4)ccc23)cc1. The number of aromatic nitrogens is 1. The summed E-state index contributed by atoms with van der Waals surface area (Å²) in [7, 11) is 0. The lowest BCUT2D eigenvalue weighted by Gasteiger charge is -2.26. The lowest BCUT2D eigenvalue weighted by atomic mass is 9.98. The van der Waals surface area contributed by atoms with E-state index in [0.717, 1.165) is 50.1 Å². The van der Waals surface area contributed by atoms with Gasteiger partial charge in [0, 0.05) is 51.0 Å². The maximum atomic E-state index is 6.69. The molecule has 3 heterocycles. The number of rotatable bonds is 6. The van der Waals surface area contributed by atoms with Gasteiger partial charge in [-0.2, -0.15) is 0 Å². The molecule has 276 valence electrons. The second kappa shape index (κ2) is 13.4.